The van der Waals surface area contributed by atoms with Crippen molar-refractivity contribution in [2.75, 3.05) is 43.1 Å². The third-order valence-corrected chi connectivity index (χ3v) is 6.90. The molecule has 0 unspecified atom stereocenters. The van der Waals surface area contributed by atoms with Crippen molar-refractivity contribution in [1.82, 2.24) is 20.2 Å². The number of nitrogens with one attached hydrogen (secondary N) is 2. The van der Waals surface area contributed by atoms with Crippen LogP contribution in [0.4, 0.5) is 16.2 Å². The fraction of sp³-hybridized carbons (Fsp3) is 0.370. The number of hydrogen-bond donors (Lipinski definition) is 2. The number of likely N-dealkylation sites (tertiary alicyclic amines) is 1. The number of anilines is 2. The number of hydrogen-bond acceptors (Lipinski definition) is 6. The molecular formula is C27H31FN6O. The summed E-state index contributed by atoms with van der Waals surface area (Å²) in [6.45, 7) is 8.13. The number of aryl methyl sites for hydroxylation is 1. The molecule has 5 rings (SSSR count). The van der Waals surface area contributed by atoms with Gasteiger partial charge in [-0.2, -0.15) is 4.98 Å². The molecule has 0 saturated carbocycles. The minimum atomic E-state index is -0.318. The molecule has 1 fully saturated rings. The van der Waals surface area contributed by atoms with Crippen LogP contribution in [-0.2, 0) is 0 Å². The minimum absolute atomic E-state index is 0.0231. The second-order valence-electron chi connectivity index (χ2n) is 9.25. The van der Waals surface area contributed by atoms with Crippen LogP contribution in [0.15, 0.2) is 48.5 Å². The van der Waals surface area contributed by atoms with Gasteiger partial charge in [-0.25, -0.2) is 9.37 Å². The van der Waals surface area contributed by atoms with Crippen LogP contribution >= 0.6 is 0 Å². The molecule has 0 spiro atoms. The Morgan fingerprint density at radius 1 is 1.11 bits per heavy atom. The van der Waals surface area contributed by atoms with Crippen LogP contribution in [0.2, 0.25) is 0 Å². The van der Waals surface area contributed by atoms with E-state index in [4.69, 9.17) is 9.97 Å². The number of amides is 1. The lowest BCUT2D eigenvalue weighted by Gasteiger charge is -2.36. The van der Waals surface area contributed by atoms with E-state index in [1.54, 1.807) is 6.07 Å². The van der Waals surface area contributed by atoms with Crippen LogP contribution in [0.25, 0.3) is 11.3 Å². The SMILES string of the molecule is Cc1cc(F)ccc1-c1nc(NCCN2CCCC2)nc2c1C(=O)NCN2[C@@H](C)c1ccccc1. The number of nitrogens with zero attached hydrogens (tertiary/aromatic N) is 4. The molecule has 182 valence electrons. The van der Waals surface area contributed by atoms with Crippen molar-refractivity contribution in [2.45, 2.75) is 32.7 Å². The van der Waals surface area contributed by atoms with E-state index in [9.17, 15) is 9.18 Å². The number of rotatable bonds is 7. The van der Waals surface area contributed by atoms with Gasteiger partial charge < -0.3 is 20.4 Å². The highest BCUT2D eigenvalue weighted by molar-refractivity contribution is 6.06. The van der Waals surface area contributed by atoms with Gasteiger partial charge in [0.05, 0.1) is 18.4 Å². The van der Waals surface area contributed by atoms with Gasteiger partial charge in [0.15, 0.2) is 0 Å². The lowest BCUT2D eigenvalue weighted by atomic mass is 9.98. The van der Waals surface area contributed by atoms with Gasteiger partial charge in [-0.05, 0) is 69.1 Å². The molecule has 0 aliphatic carbocycles. The smallest absolute Gasteiger partial charge is 0.258 e. The first kappa shape index (κ1) is 23.2. The van der Waals surface area contributed by atoms with Crippen LogP contribution in [0.1, 0.15) is 47.3 Å². The summed E-state index contributed by atoms with van der Waals surface area (Å²) in [4.78, 5) is 27.3. The Balaban J connectivity index is 1.57. The van der Waals surface area contributed by atoms with E-state index in [1.807, 2.05) is 25.1 Å². The summed E-state index contributed by atoms with van der Waals surface area (Å²) >= 11 is 0. The average Bonchev–Trinajstić information content (AvgIpc) is 3.38. The van der Waals surface area contributed by atoms with E-state index in [2.05, 4.69) is 39.5 Å². The Morgan fingerprint density at radius 3 is 2.63 bits per heavy atom. The maximum atomic E-state index is 13.9. The number of aromatic nitrogens is 2. The molecule has 2 N–H and O–H groups in total. The van der Waals surface area contributed by atoms with Crippen LogP contribution in [0, 0.1) is 12.7 Å². The van der Waals surface area contributed by atoms with E-state index < -0.39 is 0 Å². The fourth-order valence-electron chi connectivity index (χ4n) is 4.92. The minimum Gasteiger partial charge on any atom is -0.353 e. The van der Waals surface area contributed by atoms with Crippen molar-refractivity contribution in [3.05, 3.63) is 71.0 Å². The Bertz CT molecular complexity index is 1210. The molecule has 1 aromatic heterocycles. The first-order valence-electron chi connectivity index (χ1n) is 12.3. The summed E-state index contributed by atoms with van der Waals surface area (Å²) in [5, 5.41) is 6.37. The van der Waals surface area contributed by atoms with Gasteiger partial charge >= 0.3 is 0 Å². The zero-order valence-electron chi connectivity index (χ0n) is 20.2. The molecule has 3 heterocycles. The average molecular weight is 475 g/mol. The first-order chi connectivity index (χ1) is 17.0. The van der Waals surface area contributed by atoms with Gasteiger partial charge in [0.25, 0.3) is 5.91 Å². The van der Waals surface area contributed by atoms with Crippen LogP contribution < -0.4 is 15.5 Å². The molecule has 8 heteroatoms. The summed E-state index contributed by atoms with van der Waals surface area (Å²) < 4.78 is 13.9. The molecule has 2 aliphatic rings. The first-order valence-corrected chi connectivity index (χ1v) is 12.3. The van der Waals surface area contributed by atoms with E-state index in [1.165, 1.54) is 25.0 Å². The third kappa shape index (κ3) is 4.84. The van der Waals surface area contributed by atoms with Crippen molar-refractivity contribution in [3.8, 4) is 11.3 Å². The molecule has 1 atom stereocenters. The Kier molecular flexibility index (Phi) is 6.63. The summed E-state index contributed by atoms with van der Waals surface area (Å²) in [6, 6.07) is 14.7. The predicted molar refractivity (Wildman–Crippen MR) is 136 cm³/mol. The van der Waals surface area contributed by atoms with Gasteiger partial charge in [-0.15, -0.1) is 0 Å². The molecule has 0 bridgehead atoms. The molecule has 2 aliphatic heterocycles. The lowest BCUT2D eigenvalue weighted by molar-refractivity contribution is 0.0946. The predicted octanol–water partition coefficient (Wildman–Crippen LogP) is 4.37. The molecule has 3 aromatic rings. The van der Waals surface area contributed by atoms with E-state index >= 15 is 0 Å². The lowest BCUT2D eigenvalue weighted by Crippen LogP contribution is -2.45. The molecule has 1 saturated heterocycles. The van der Waals surface area contributed by atoms with Gasteiger partial charge in [0.2, 0.25) is 5.95 Å². The van der Waals surface area contributed by atoms with Crippen molar-refractivity contribution < 1.29 is 9.18 Å². The van der Waals surface area contributed by atoms with E-state index in [0.717, 1.165) is 36.3 Å². The quantitative estimate of drug-likeness (QED) is 0.530. The molecule has 1 amide bonds. The highest BCUT2D eigenvalue weighted by atomic mass is 19.1. The van der Waals surface area contributed by atoms with E-state index in [0.29, 0.717) is 36.2 Å². The standard InChI is InChI=1S/C27H31FN6O/c1-18-16-21(28)10-11-22(18)24-23-25(32-27(31-24)29-12-15-33-13-6-7-14-33)34(17-30-26(23)35)19(2)20-8-4-3-5-9-20/h3-5,8-11,16,19H,6-7,12-15,17H2,1-2H3,(H,30,35)(H,29,31,32)/t19-/m0/s1. The maximum Gasteiger partial charge on any atom is 0.258 e. The Labute approximate surface area is 205 Å². The fourth-order valence-corrected chi connectivity index (χ4v) is 4.92. The van der Waals surface area contributed by atoms with Crippen LogP contribution in [0.5, 0.6) is 0 Å². The Morgan fingerprint density at radius 2 is 1.89 bits per heavy atom. The summed E-state index contributed by atoms with van der Waals surface area (Å²) in [6.07, 6.45) is 2.48. The third-order valence-electron chi connectivity index (χ3n) is 6.90. The molecule has 0 radical (unpaired) electrons. The van der Waals surface area contributed by atoms with Gasteiger partial charge in [0.1, 0.15) is 17.2 Å². The van der Waals surface area contributed by atoms with Crippen molar-refractivity contribution in [1.29, 1.82) is 0 Å². The molecule has 35 heavy (non-hydrogen) atoms. The molecule has 2 aromatic carbocycles. The molecule has 7 nitrogen and oxygen atoms in total. The normalized spacial score (nSPS) is 16.7. The number of carbonyl (C=O) groups excluding carboxylic acids is 1. The van der Waals surface area contributed by atoms with E-state index in [-0.39, 0.29) is 17.8 Å². The summed E-state index contributed by atoms with van der Waals surface area (Å²) in [7, 11) is 0. The molecular weight excluding hydrogens is 443 g/mol. The highest BCUT2D eigenvalue weighted by Crippen LogP contribution is 2.37. The van der Waals surface area contributed by atoms with Crippen LogP contribution in [-0.4, -0.2) is 53.6 Å². The van der Waals surface area contributed by atoms with Gasteiger partial charge in [-0.3, -0.25) is 4.79 Å². The number of carbonyl (C=O) groups is 1. The summed E-state index contributed by atoms with van der Waals surface area (Å²) in [5.74, 6) is 0.518. The topological polar surface area (TPSA) is 73.4 Å². The zero-order chi connectivity index (χ0) is 24.4. The van der Waals surface area contributed by atoms with Gasteiger partial charge in [-0.1, -0.05) is 30.3 Å². The number of halogens is 1. The number of fused-ring (bicyclic) bond motifs is 1. The highest BCUT2D eigenvalue weighted by Gasteiger charge is 2.33. The zero-order valence-corrected chi connectivity index (χ0v) is 20.2. The van der Waals surface area contributed by atoms with Crippen molar-refractivity contribution in [2.24, 2.45) is 0 Å². The van der Waals surface area contributed by atoms with Crippen molar-refractivity contribution in [3.63, 3.8) is 0 Å². The van der Waals surface area contributed by atoms with Crippen LogP contribution in [0.3, 0.4) is 0 Å². The maximum absolute atomic E-state index is 13.9. The van der Waals surface area contributed by atoms with Crippen molar-refractivity contribution >= 4 is 17.7 Å². The summed E-state index contributed by atoms with van der Waals surface area (Å²) in [5.41, 5.74) is 3.49. The Hall–Kier alpha value is -3.52. The second-order valence-corrected chi connectivity index (χ2v) is 9.25. The monoisotopic (exact) mass is 474 g/mol. The largest absolute Gasteiger partial charge is 0.353 e. The number of benzene rings is 2. The second kappa shape index (κ2) is 10.00. The van der Waals surface area contributed by atoms with Gasteiger partial charge in [0, 0.05) is 18.7 Å².